The Labute approximate surface area is 122 Å². The fourth-order valence-electron chi connectivity index (χ4n) is 3.85. The van der Waals surface area contributed by atoms with Crippen LogP contribution in [0, 0.1) is 17.8 Å². The second-order valence-corrected chi connectivity index (χ2v) is 6.89. The summed E-state index contributed by atoms with van der Waals surface area (Å²) < 4.78 is 0. The molecular formula is C18H25NO. The molecule has 2 nitrogen and oxygen atoms in total. The van der Waals surface area contributed by atoms with E-state index >= 15 is 0 Å². The number of ketones is 1. The summed E-state index contributed by atoms with van der Waals surface area (Å²) in [7, 11) is 0. The van der Waals surface area contributed by atoms with Crippen LogP contribution in [0.2, 0.25) is 0 Å². The van der Waals surface area contributed by atoms with Crippen molar-refractivity contribution >= 4 is 11.5 Å². The van der Waals surface area contributed by atoms with Gasteiger partial charge in [0.25, 0.3) is 0 Å². The lowest BCUT2D eigenvalue weighted by molar-refractivity contribution is -0.125. The summed E-state index contributed by atoms with van der Waals surface area (Å²) >= 11 is 0. The van der Waals surface area contributed by atoms with E-state index in [4.69, 9.17) is 0 Å². The Hall–Kier alpha value is -1.31. The van der Waals surface area contributed by atoms with E-state index in [-0.39, 0.29) is 5.92 Å². The Morgan fingerprint density at radius 1 is 1.20 bits per heavy atom. The van der Waals surface area contributed by atoms with Gasteiger partial charge in [-0.1, -0.05) is 32.0 Å². The van der Waals surface area contributed by atoms with Crippen LogP contribution in [0.5, 0.6) is 0 Å². The van der Waals surface area contributed by atoms with Crippen LogP contribution < -0.4 is 4.90 Å². The van der Waals surface area contributed by atoms with Gasteiger partial charge in [-0.05, 0) is 42.7 Å². The van der Waals surface area contributed by atoms with Gasteiger partial charge in [-0.25, -0.2) is 0 Å². The normalized spacial score (nSPS) is 30.2. The third-order valence-corrected chi connectivity index (χ3v) is 4.90. The molecule has 20 heavy (non-hydrogen) atoms. The van der Waals surface area contributed by atoms with Crippen molar-refractivity contribution in [3.8, 4) is 0 Å². The molecule has 2 heteroatoms. The maximum Gasteiger partial charge on any atom is 0.137 e. The molecule has 0 bridgehead atoms. The molecule has 0 aromatic heterocycles. The fraction of sp³-hybridized carbons (Fsp3) is 0.611. The van der Waals surface area contributed by atoms with Gasteiger partial charge in [-0.3, -0.25) is 4.79 Å². The predicted molar refractivity (Wildman–Crippen MR) is 83.0 cm³/mol. The van der Waals surface area contributed by atoms with E-state index in [1.54, 1.807) is 0 Å². The Morgan fingerprint density at radius 2 is 2.00 bits per heavy atom. The van der Waals surface area contributed by atoms with E-state index in [1.165, 1.54) is 17.7 Å². The molecule has 0 saturated heterocycles. The zero-order valence-corrected chi connectivity index (χ0v) is 12.6. The van der Waals surface area contributed by atoms with Gasteiger partial charge in [-0.15, -0.1) is 0 Å². The number of fused-ring (bicyclic) bond motifs is 1. The average molecular weight is 271 g/mol. The largest absolute Gasteiger partial charge is 0.370 e. The summed E-state index contributed by atoms with van der Waals surface area (Å²) in [6.45, 7) is 6.61. The van der Waals surface area contributed by atoms with E-state index in [0.29, 0.717) is 17.6 Å². The Morgan fingerprint density at radius 3 is 2.85 bits per heavy atom. The first-order valence-electron chi connectivity index (χ1n) is 7.99. The van der Waals surface area contributed by atoms with Crippen molar-refractivity contribution in [3.05, 3.63) is 29.8 Å². The molecule has 1 saturated carbocycles. The molecule has 1 aromatic carbocycles. The number of Topliss-reactive ketones (excluding diaryl/α,β-unsaturated/α-hetero) is 1. The lowest BCUT2D eigenvalue weighted by Gasteiger charge is -2.38. The summed E-state index contributed by atoms with van der Waals surface area (Å²) in [4.78, 5) is 14.6. The minimum atomic E-state index is 0.247. The lowest BCUT2D eigenvalue weighted by atomic mass is 9.80. The van der Waals surface area contributed by atoms with Gasteiger partial charge in [0.1, 0.15) is 5.78 Å². The summed E-state index contributed by atoms with van der Waals surface area (Å²) in [6, 6.07) is 8.71. The van der Waals surface area contributed by atoms with E-state index in [1.807, 2.05) is 0 Å². The minimum Gasteiger partial charge on any atom is -0.370 e. The number of para-hydroxylation sites is 1. The summed E-state index contributed by atoms with van der Waals surface area (Å²) in [5.41, 5.74) is 2.80. The average Bonchev–Trinajstić information content (AvgIpc) is 2.43. The van der Waals surface area contributed by atoms with Crippen molar-refractivity contribution < 1.29 is 4.79 Å². The molecule has 2 aliphatic rings. The highest BCUT2D eigenvalue weighted by atomic mass is 16.1. The smallest absolute Gasteiger partial charge is 0.137 e. The zero-order chi connectivity index (χ0) is 14.1. The van der Waals surface area contributed by atoms with E-state index < -0.39 is 0 Å². The van der Waals surface area contributed by atoms with Crippen LogP contribution in [-0.4, -0.2) is 18.9 Å². The Balaban J connectivity index is 1.78. The number of hydrogen-bond acceptors (Lipinski definition) is 2. The summed E-state index contributed by atoms with van der Waals surface area (Å²) in [5, 5.41) is 0. The molecule has 0 N–H and O–H groups in total. The highest BCUT2D eigenvalue weighted by Crippen LogP contribution is 2.33. The van der Waals surface area contributed by atoms with Gasteiger partial charge in [-0.2, -0.15) is 0 Å². The first kappa shape index (κ1) is 13.7. The van der Waals surface area contributed by atoms with E-state index in [2.05, 4.69) is 43.0 Å². The fourth-order valence-corrected chi connectivity index (χ4v) is 3.85. The predicted octanol–water partition coefficient (Wildman–Crippen LogP) is 3.69. The zero-order valence-electron chi connectivity index (χ0n) is 12.6. The number of carbonyl (C=O) groups is 1. The van der Waals surface area contributed by atoms with Gasteiger partial charge < -0.3 is 4.90 Å². The summed E-state index contributed by atoms with van der Waals surface area (Å²) in [5.74, 6) is 2.12. The molecule has 1 aliphatic heterocycles. The molecule has 0 spiro atoms. The van der Waals surface area contributed by atoms with Gasteiger partial charge in [0.2, 0.25) is 0 Å². The molecule has 0 amide bonds. The monoisotopic (exact) mass is 271 g/mol. The van der Waals surface area contributed by atoms with Crippen LogP contribution in [0.25, 0.3) is 0 Å². The van der Waals surface area contributed by atoms with Crippen molar-refractivity contribution in [1.82, 2.24) is 0 Å². The summed E-state index contributed by atoms with van der Waals surface area (Å²) in [6.07, 6.45) is 4.12. The van der Waals surface area contributed by atoms with Crippen LogP contribution in [0.4, 0.5) is 5.69 Å². The molecular weight excluding hydrogens is 246 g/mol. The van der Waals surface area contributed by atoms with Crippen molar-refractivity contribution in [3.63, 3.8) is 0 Å². The van der Waals surface area contributed by atoms with Crippen molar-refractivity contribution in [1.29, 1.82) is 0 Å². The maximum atomic E-state index is 12.2. The molecule has 1 heterocycles. The van der Waals surface area contributed by atoms with Gasteiger partial charge in [0.15, 0.2) is 0 Å². The molecule has 3 atom stereocenters. The highest BCUT2D eigenvalue weighted by Gasteiger charge is 2.30. The number of anilines is 1. The third-order valence-electron chi connectivity index (χ3n) is 4.90. The van der Waals surface area contributed by atoms with E-state index in [9.17, 15) is 4.79 Å². The van der Waals surface area contributed by atoms with Gasteiger partial charge >= 0.3 is 0 Å². The molecule has 3 unspecified atom stereocenters. The van der Waals surface area contributed by atoms with Crippen molar-refractivity contribution in [2.45, 2.75) is 39.5 Å². The molecule has 1 fully saturated rings. The number of hydrogen-bond donors (Lipinski definition) is 0. The molecule has 3 rings (SSSR count). The number of nitrogens with zero attached hydrogens (tertiary/aromatic N) is 1. The molecule has 1 aliphatic carbocycles. The standard InChI is InChI=1S/C18H25NO/c1-13-7-8-18(20)16(9-13)12-19-11-14(2)10-15-5-3-4-6-17(15)19/h3-6,13-14,16H,7-12H2,1-2H3. The Kier molecular flexibility index (Phi) is 3.82. The minimum absolute atomic E-state index is 0.247. The van der Waals surface area contributed by atoms with Crippen LogP contribution in [0.3, 0.4) is 0 Å². The van der Waals surface area contributed by atoms with Crippen molar-refractivity contribution in [2.75, 3.05) is 18.0 Å². The maximum absolute atomic E-state index is 12.2. The van der Waals surface area contributed by atoms with Crippen LogP contribution in [-0.2, 0) is 11.2 Å². The number of rotatable bonds is 2. The SMILES string of the molecule is CC1CCC(=O)C(CN2CC(C)Cc3ccccc32)C1. The number of carbonyl (C=O) groups excluding carboxylic acids is 1. The highest BCUT2D eigenvalue weighted by molar-refractivity contribution is 5.82. The van der Waals surface area contributed by atoms with Crippen LogP contribution in [0.15, 0.2) is 24.3 Å². The first-order valence-corrected chi connectivity index (χ1v) is 7.99. The van der Waals surface area contributed by atoms with Gasteiger partial charge in [0, 0.05) is 31.1 Å². The Bertz CT molecular complexity index is 496. The van der Waals surface area contributed by atoms with Gasteiger partial charge in [0.05, 0.1) is 0 Å². The molecule has 1 aromatic rings. The third kappa shape index (κ3) is 2.74. The number of benzene rings is 1. The molecule has 108 valence electrons. The lowest BCUT2D eigenvalue weighted by Crippen LogP contribution is -2.41. The van der Waals surface area contributed by atoms with Crippen LogP contribution >= 0.6 is 0 Å². The van der Waals surface area contributed by atoms with Crippen molar-refractivity contribution in [2.24, 2.45) is 17.8 Å². The second kappa shape index (κ2) is 5.59. The second-order valence-electron chi connectivity index (χ2n) is 6.89. The molecule has 0 radical (unpaired) electrons. The topological polar surface area (TPSA) is 20.3 Å². The van der Waals surface area contributed by atoms with E-state index in [0.717, 1.165) is 32.4 Å². The van der Waals surface area contributed by atoms with Crippen LogP contribution in [0.1, 0.15) is 38.7 Å². The quantitative estimate of drug-likeness (QED) is 0.817. The first-order chi connectivity index (χ1) is 9.63.